The SMILES string of the molecule is CCC(C)=CC(C)[O]. The van der Waals surface area contributed by atoms with Gasteiger partial charge in [-0.1, -0.05) is 18.6 Å². The summed E-state index contributed by atoms with van der Waals surface area (Å²) in [5.41, 5.74) is 1.19. The van der Waals surface area contributed by atoms with Crippen LogP contribution in [0.5, 0.6) is 0 Å². The molecule has 0 amide bonds. The Hall–Kier alpha value is -0.300. The zero-order valence-corrected chi connectivity index (χ0v) is 5.77. The van der Waals surface area contributed by atoms with Gasteiger partial charge in [0.15, 0.2) is 0 Å². The van der Waals surface area contributed by atoms with Crippen molar-refractivity contribution < 1.29 is 5.11 Å². The van der Waals surface area contributed by atoms with Gasteiger partial charge in [0, 0.05) is 0 Å². The van der Waals surface area contributed by atoms with Gasteiger partial charge in [0.1, 0.15) is 6.10 Å². The van der Waals surface area contributed by atoms with Gasteiger partial charge in [0.05, 0.1) is 0 Å². The quantitative estimate of drug-likeness (QED) is 0.489. The summed E-state index contributed by atoms with van der Waals surface area (Å²) in [6, 6.07) is 0. The van der Waals surface area contributed by atoms with Crippen LogP contribution in [0.25, 0.3) is 0 Å². The van der Waals surface area contributed by atoms with Gasteiger partial charge in [-0.05, 0) is 20.3 Å². The van der Waals surface area contributed by atoms with Crippen LogP contribution in [0.2, 0.25) is 0 Å². The molecule has 8 heavy (non-hydrogen) atoms. The highest BCUT2D eigenvalue weighted by Gasteiger charge is 1.89. The van der Waals surface area contributed by atoms with Crippen molar-refractivity contribution in [2.45, 2.75) is 33.3 Å². The molecule has 0 aromatic carbocycles. The van der Waals surface area contributed by atoms with E-state index in [0.717, 1.165) is 6.42 Å². The molecule has 0 aliphatic carbocycles. The lowest BCUT2D eigenvalue weighted by Gasteiger charge is -1.94. The Morgan fingerprint density at radius 1 is 1.75 bits per heavy atom. The molecule has 0 rings (SSSR count). The number of rotatable bonds is 2. The van der Waals surface area contributed by atoms with Crippen LogP contribution < -0.4 is 0 Å². The minimum absolute atomic E-state index is 0.532. The zero-order valence-electron chi connectivity index (χ0n) is 5.77. The topological polar surface area (TPSA) is 19.9 Å². The molecule has 0 bridgehead atoms. The maximum atomic E-state index is 10.4. The first-order valence-electron chi connectivity index (χ1n) is 3.00. The Labute approximate surface area is 51.0 Å². The van der Waals surface area contributed by atoms with E-state index in [0.29, 0.717) is 0 Å². The minimum Gasteiger partial charge on any atom is -0.229 e. The lowest BCUT2D eigenvalue weighted by molar-refractivity contribution is 0.145. The molecule has 0 saturated heterocycles. The monoisotopic (exact) mass is 113 g/mol. The Balaban J connectivity index is 3.56. The van der Waals surface area contributed by atoms with E-state index in [1.54, 1.807) is 13.0 Å². The second-order valence-corrected chi connectivity index (χ2v) is 2.07. The highest BCUT2D eigenvalue weighted by molar-refractivity contribution is 4.99. The van der Waals surface area contributed by atoms with Gasteiger partial charge in [0.25, 0.3) is 0 Å². The smallest absolute Gasteiger partial charge is 0.109 e. The molecule has 0 saturated carbocycles. The maximum Gasteiger partial charge on any atom is 0.109 e. The van der Waals surface area contributed by atoms with Crippen molar-refractivity contribution in [2.75, 3.05) is 0 Å². The third kappa shape index (κ3) is 3.88. The van der Waals surface area contributed by atoms with Gasteiger partial charge >= 0.3 is 0 Å². The van der Waals surface area contributed by atoms with Crippen LogP contribution in [0.4, 0.5) is 0 Å². The molecular formula is C7H13O. The fourth-order valence-electron chi connectivity index (χ4n) is 0.519. The number of allylic oxidation sites excluding steroid dienone is 1. The first-order chi connectivity index (χ1) is 3.66. The van der Waals surface area contributed by atoms with E-state index in [1.165, 1.54) is 5.57 Å². The van der Waals surface area contributed by atoms with Crippen molar-refractivity contribution in [1.29, 1.82) is 0 Å². The van der Waals surface area contributed by atoms with Crippen LogP contribution in [0, 0.1) is 0 Å². The van der Waals surface area contributed by atoms with Crippen LogP contribution in [0.1, 0.15) is 27.2 Å². The van der Waals surface area contributed by atoms with E-state index in [4.69, 9.17) is 0 Å². The van der Waals surface area contributed by atoms with Crippen LogP contribution >= 0.6 is 0 Å². The van der Waals surface area contributed by atoms with Crippen molar-refractivity contribution in [3.8, 4) is 0 Å². The predicted molar refractivity (Wildman–Crippen MR) is 34.2 cm³/mol. The molecule has 1 atom stereocenters. The third-order valence-corrected chi connectivity index (χ3v) is 1.08. The molecule has 1 nitrogen and oxygen atoms in total. The summed E-state index contributed by atoms with van der Waals surface area (Å²) in [6.07, 6.45) is 2.21. The van der Waals surface area contributed by atoms with E-state index in [2.05, 4.69) is 0 Å². The molecule has 0 spiro atoms. The molecule has 0 aliphatic rings. The van der Waals surface area contributed by atoms with Crippen LogP contribution in [-0.4, -0.2) is 6.10 Å². The lowest BCUT2D eigenvalue weighted by atomic mass is 10.2. The Morgan fingerprint density at radius 3 is 2.38 bits per heavy atom. The van der Waals surface area contributed by atoms with Crippen molar-refractivity contribution >= 4 is 0 Å². The molecule has 0 aliphatic heterocycles. The van der Waals surface area contributed by atoms with Gasteiger partial charge in [-0.2, -0.15) is 0 Å². The lowest BCUT2D eigenvalue weighted by Crippen LogP contribution is -1.91. The summed E-state index contributed by atoms with van der Waals surface area (Å²) in [5.74, 6) is 0. The van der Waals surface area contributed by atoms with Crippen LogP contribution in [-0.2, 0) is 5.11 Å². The number of hydrogen-bond acceptors (Lipinski definition) is 0. The summed E-state index contributed by atoms with van der Waals surface area (Å²) in [7, 11) is 0. The second-order valence-electron chi connectivity index (χ2n) is 2.07. The van der Waals surface area contributed by atoms with E-state index in [9.17, 15) is 5.11 Å². The normalized spacial score (nSPS) is 16.2. The van der Waals surface area contributed by atoms with Gasteiger partial charge in [0.2, 0.25) is 0 Å². The van der Waals surface area contributed by atoms with Crippen molar-refractivity contribution in [3.63, 3.8) is 0 Å². The van der Waals surface area contributed by atoms with E-state index in [1.807, 2.05) is 13.8 Å². The molecule has 47 valence electrons. The molecule has 0 heterocycles. The molecule has 0 aromatic rings. The molecule has 1 radical (unpaired) electrons. The van der Waals surface area contributed by atoms with Crippen LogP contribution in [0.15, 0.2) is 11.6 Å². The second kappa shape index (κ2) is 3.67. The Morgan fingerprint density at radius 2 is 2.25 bits per heavy atom. The van der Waals surface area contributed by atoms with Crippen molar-refractivity contribution in [2.24, 2.45) is 0 Å². The first-order valence-corrected chi connectivity index (χ1v) is 3.00. The average molecular weight is 113 g/mol. The maximum absolute atomic E-state index is 10.4. The minimum atomic E-state index is -0.532. The number of hydrogen-bond donors (Lipinski definition) is 0. The average Bonchev–Trinajstić information content (AvgIpc) is 1.65. The van der Waals surface area contributed by atoms with E-state index < -0.39 is 6.10 Å². The fourth-order valence-corrected chi connectivity index (χ4v) is 0.519. The Kier molecular flexibility index (Phi) is 3.53. The van der Waals surface area contributed by atoms with Crippen molar-refractivity contribution in [3.05, 3.63) is 11.6 Å². The highest BCUT2D eigenvalue weighted by Crippen LogP contribution is 1.99. The highest BCUT2D eigenvalue weighted by atomic mass is 16.3. The summed E-state index contributed by atoms with van der Waals surface area (Å²) in [6.45, 7) is 5.68. The molecular weight excluding hydrogens is 100 g/mol. The third-order valence-electron chi connectivity index (χ3n) is 1.08. The summed E-state index contributed by atoms with van der Waals surface area (Å²) >= 11 is 0. The predicted octanol–water partition coefficient (Wildman–Crippen LogP) is 2.16. The van der Waals surface area contributed by atoms with Gasteiger partial charge in [-0.25, -0.2) is 5.11 Å². The van der Waals surface area contributed by atoms with Gasteiger partial charge in [-0.15, -0.1) is 0 Å². The molecule has 0 fully saturated rings. The molecule has 0 N–H and O–H groups in total. The Bertz CT molecular complexity index is 82.4. The van der Waals surface area contributed by atoms with Gasteiger partial charge in [-0.3, -0.25) is 0 Å². The summed E-state index contributed by atoms with van der Waals surface area (Å²) in [4.78, 5) is 0. The fraction of sp³-hybridized carbons (Fsp3) is 0.714. The zero-order chi connectivity index (χ0) is 6.57. The van der Waals surface area contributed by atoms with E-state index in [-0.39, 0.29) is 0 Å². The summed E-state index contributed by atoms with van der Waals surface area (Å²) < 4.78 is 0. The molecule has 0 aromatic heterocycles. The van der Waals surface area contributed by atoms with Crippen molar-refractivity contribution in [1.82, 2.24) is 0 Å². The largest absolute Gasteiger partial charge is 0.229 e. The van der Waals surface area contributed by atoms with Gasteiger partial charge < -0.3 is 0 Å². The van der Waals surface area contributed by atoms with Crippen LogP contribution in [0.3, 0.4) is 0 Å². The first kappa shape index (κ1) is 7.70. The molecule has 1 unspecified atom stereocenters. The summed E-state index contributed by atoms with van der Waals surface area (Å²) in [5, 5.41) is 10.4. The van der Waals surface area contributed by atoms with E-state index >= 15 is 0 Å². The standard InChI is InChI=1S/C7H13O/c1-4-6(2)5-7(3)8/h5,7H,4H2,1-3H3. The molecule has 1 heteroatoms.